The van der Waals surface area contributed by atoms with E-state index >= 15 is 0 Å². The average Bonchev–Trinajstić information content (AvgIpc) is 2.25. The first-order valence-corrected chi connectivity index (χ1v) is 7.01. The summed E-state index contributed by atoms with van der Waals surface area (Å²) in [5.41, 5.74) is 0. The molecule has 16 heavy (non-hydrogen) atoms. The van der Waals surface area contributed by atoms with Crippen molar-refractivity contribution in [1.29, 1.82) is 0 Å². The van der Waals surface area contributed by atoms with Crippen molar-refractivity contribution in [1.82, 2.24) is 5.32 Å². The first-order chi connectivity index (χ1) is 7.70. The largest absolute Gasteiger partial charge is 0.381 e. The monoisotopic (exact) mass is 227 g/mol. The third-order valence-corrected chi connectivity index (χ3v) is 3.43. The van der Waals surface area contributed by atoms with E-state index in [0.717, 1.165) is 38.1 Å². The van der Waals surface area contributed by atoms with Gasteiger partial charge in [-0.15, -0.1) is 0 Å². The van der Waals surface area contributed by atoms with E-state index in [4.69, 9.17) is 4.74 Å². The summed E-state index contributed by atoms with van der Waals surface area (Å²) in [6.45, 7) is 9.70. The lowest BCUT2D eigenvalue weighted by atomic mass is 9.86. The van der Waals surface area contributed by atoms with Crippen molar-refractivity contribution in [2.24, 2.45) is 11.8 Å². The quantitative estimate of drug-likeness (QED) is 0.674. The van der Waals surface area contributed by atoms with Crippen LogP contribution in [0.3, 0.4) is 0 Å². The highest BCUT2D eigenvalue weighted by molar-refractivity contribution is 4.77. The van der Waals surface area contributed by atoms with Crippen LogP contribution in [0.5, 0.6) is 0 Å². The predicted molar refractivity (Wildman–Crippen MR) is 69.7 cm³/mol. The molecular formula is C14H29NO. The lowest BCUT2D eigenvalue weighted by Crippen LogP contribution is -2.38. The topological polar surface area (TPSA) is 21.3 Å². The number of rotatable bonds is 7. The summed E-state index contributed by atoms with van der Waals surface area (Å²) in [5.74, 6) is 1.52. The van der Waals surface area contributed by atoms with Gasteiger partial charge in [0.2, 0.25) is 0 Å². The smallest absolute Gasteiger partial charge is 0.0489 e. The molecule has 2 atom stereocenters. The van der Waals surface area contributed by atoms with Crippen LogP contribution < -0.4 is 5.32 Å². The van der Waals surface area contributed by atoms with E-state index in [-0.39, 0.29) is 0 Å². The SMILES string of the molecule is CC(C)COCCCNC1CCCCC1C. The van der Waals surface area contributed by atoms with Crippen molar-refractivity contribution in [2.45, 2.75) is 58.9 Å². The van der Waals surface area contributed by atoms with E-state index in [1.54, 1.807) is 0 Å². The van der Waals surface area contributed by atoms with Crippen molar-refractivity contribution in [3.05, 3.63) is 0 Å². The van der Waals surface area contributed by atoms with Crippen molar-refractivity contribution in [3.8, 4) is 0 Å². The number of ether oxygens (including phenoxy) is 1. The summed E-state index contributed by atoms with van der Waals surface area (Å²) in [7, 11) is 0. The highest BCUT2D eigenvalue weighted by atomic mass is 16.5. The molecule has 0 bridgehead atoms. The van der Waals surface area contributed by atoms with Gasteiger partial charge in [-0.25, -0.2) is 0 Å². The second kappa shape index (κ2) is 8.08. The third kappa shape index (κ3) is 5.86. The maximum Gasteiger partial charge on any atom is 0.0489 e. The van der Waals surface area contributed by atoms with Crippen LogP contribution in [0.25, 0.3) is 0 Å². The van der Waals surface area contributed by atoms with Crippen LogP contribution in [0.15, 0.2) is 0 Å². The summed E-state index contributed by atoms with van der Waals surface area (Å²) >= 11 is 0. The second-order valence-electron chi connectivity index (χ2n) is 5.64. The molecule has 1 N–H and O–H groups in total. The zero-order valence-electron chi connectivity index (χ0n) is 11.3. The number of hydrogen-bond donors (Lipinski definition) is 1. The molecule has 0 aromatic rings. The lowest BCUT2D eigenvalue weighted by molar-refractivity contribution is 0.106. The summed E-state index contributed by atoms with van der Waals surface area (Å²) in [6.07, 6.45) is 6.76. The van der Waals surface area contributed by atoms with E-state index in [1.807, 2.05) is 0 Å². The zero-order valence-corrected chi connectivity index (χ0v) is 11.3. The third-order valence-electron chi connectivity index (χ3n) is 3.43. The van der Waals surface area contributed by atoms with Gasteiger partial charge in [-0.3, -0.25) is 0 Å². The Bertz CT molecular complexity index is 170. The molecule has 0 saturated heterocycles. The van der Waals surface area contributed by atoms with E-state index in [1.165, 1.54) is 25.7 Å². The van der Waals surface area contributed by atoms with Crippen LogP contribution in [0.1, 0.15) is 52.9 Å². The Labute approximate surface area is 101 Å². The molecule has 1 fully saturated rings. The fraction of sp³-hybridized carbons (Fsp3) is 1.00. The molecule has 0 aromatic heterocycles. The van der Waals surface area contributed by atoms with Crippen LogP contribution in [0, 0.1) is 11.8 Å². The van der Waals surface area contributed by atoms with Gasteiger partial charge < -0.3 is 10.1 Å². The fourth-order valence-electron chi connectivity index (χ4n) is 2.40. The Kier molecular flexibility index (Phi) is 7.06. The average molecular weight is 227 g/mol. The van der Waals surface area contributed by atoms with Gasteiger partial charge in [0.05, 0.1) is 0 Å². The standard InChI is InChI=1S/C14H29NO/c1-12(2)11-16-10-6-9-15-14-8-5-4-7-13(14)3/h12-15H,4-11H2,1-3H3. The first-order valence-electron chi connectivity index (χ1n) is 7.01. The van der Waals surface area contributed by atoms with Crippen LogP contribution in [-0.4, -0.2) is 25.8 Å². The molecular weight excluding hydrogens is 198 g/mol. The second-order valence-corrected chi connectivity index (χ2v) is 5.64. The Morgan fingerprint density at radius 2 is 2.00 bits per heavy atom. The molecule has 2 heteroatoms. The maximum absolute atomic E-state index is 5.57. The van der Waals surface area contributed by atoms with Gasteiger partial charge in [0.25, 0.3) is 0 Å². The Morgan fingerprint density at radius 1 is 1.25 bits per heavy atom. The molecule has 96 valence electrons. The Hall–Kier alpha value is -0.0800. The maximum atomic E-state index is 5.57. The summed E-state index contributed by atoms with van der Waals surface area (Å²) in [6, 6.07) is 0.763. The minimum absolute atomic E-state index is 0.659. The van der Waals surface area contributed by atoms with Gasteiger partial charge in [-0.1, -0.05) is 33.6 Å². The van der Waals surface area contributed by atoms with Crippen LogP contribution in [0.2, 0.25) is 0 Å². The molecule has 0 aliphatic heterocycles. The highest BCUT2D eigenvalue weighted by Gasteiger charge is 2.19. The Morgan fingerprint density at radius 3 is 2.69 bits per heavy atom. The Balaban J connectivity index is 1.94. The molecule has 1 saturated carbocycles. The van der Waals surface area contributed by atoms with E-state index in [9.17, 15) is 0 Å². The van der Waals surface area contributed by atoms with Crippen LogP contribution >= 0.6 is 0 Å². The molecule has 1 rings (SSSR count). The van der Waals surface area contributed by atoms with Gasteiger partial charge in [-0.05, 0) is 37.6 Å². The van der Waals surface area contributed by atoms with Crippen LogP contribution in [0.4, 0.5) is 0 Å². The highest BCUT2D eigenvalue weighted by Crippen LogP contribution is 2.23. The number of nitrogens with one attached hydrogen (secondary N) is 1. The van der Waals surface area contributed by atoms with Crippen molar-refractivity contribution >= 4 is 0 Å². The first kappa shape index (κ1) is 14.0. The van der Waals surface area contributed by atoms with Crippen molar-refractivity contribution in [3.63, 3.8) is 0 Å². The van der Waals surface area contributed by atoms with Crippen LogP contribution in [-0.2, 0) is 4.74 Å². The van der Waals surface area contributed by atoms with Gasteiger partial charge in [0.1, 0.15) is 0 Å². The van der Waals surface area contributed by atoms with E-state index in [2.05, 4.69) is 26.1 Å². The molecule has 0 heterocycles. The van der Waals surface area contributed by atoms with Gasteiger partial charge in [0.15, 0.2) is 0 Å². The molecule has 2 nitrogen and oxygen atoms in total. The zero-order chi connectivity index (χ0) is 11.8. The number of hydrogen-bond acceptors (Lipinski definition) is 2. The molecule has 0 radical (unpaired) electrons. The fourth-order valence-corrected chi connectivity index (χ4v) is 2.40. The van der Waals surface area contributed by atoms with Gasteiger partial charge in [0, 0.05) is 19.3 Å². The minimum atomic E-state index is 0.659. The molecule has 1 aliphatic carbocycles. The van der Waals surface area contributed by atoms with Gasteiger partial charge in [-0.2, -0.15) is 0 Å². The minimum Gasteiger partial charge on any atom is -0.381 e. The molecule has 0 amide bonds. The molecule has 0 aromatic carbocycles. The van der Waals surface area contributed by atoms with Crippen molar-refractivity contribution < 1.29 is 4.74 Å². The van der Waals surface area contributed by atoms with Gasteiger partial charge >= 0.3 is 0 Å². The summed E-state index contributed by atoms with van der Waals surface area (Å²) in [5, 5.41) is 3.68. The predicted octanol–water partition coefficient (Wildman–Crippen LogP) is 3.22. The normalized spacial score (nSPS) is 26.2. The summed E-state index contributed by atoms with van der Waals surface area (Å²) < 4.78 is 5.57. The molecule has 2 unspecified atom stereocenters. The molecule has 1 aliphatic rings. The van der Waals surface area contributed by atoms with E-state index < -0.39 is 0 Å². The molecule has 0 spiro atoms. The van der Waals surface area contributed by atoms with Crippen molar-refractivity contribution in [2.75, 3.05) is 19.8 Å². The summed E-state index contributed by atoms with van der Waals surface area (Å²) in [4.78, 5) is 0. The van der Waals surface area contributed by atoms with E-state index in [0.29, 0.717) is 5.92 Å². The lowest BCUT2D eigenvalue weighted by Gasteiger charge is -2.29.